The van der Waals surface area contributed by atoms with Gasteiger partial charge in [-0.3, -0.25) is 4.79 Å². The lowest BCUT2D eigenvalue weighted by atomic mass is 10.1. The monoisotopic (exact) mass is 401 g/mol. The Morgan fingerprint density at radius 1 is 0.933 bits per heavy atom. The van der Waals surface area contributed by atoms with Crippen molar-refractivity contribution < 1.29 is 14.3 Å². The van der Waals surface area contributed by atoms with Crippen molar-refractivity contribution in [2.24, 2.45) is 0 Å². The van der Waals surface area contributed by atoms with Gasteiger partial charge in [0.25, 0.3) is 0 Å². The highest BCUT2D eigenvalue weighted by Gasteiger charge is 2.28. The van der Waals surface area contributed by atoms with Crippen LogP contribution >= 0.6 is 0 Å². The van der Waals surface area contributed by atoms with Gasteiger partial charge >= 0.3 is 5.97 Å². The molecule has 0 N–H and O–H groups in total. The SMILES string of the molecule is CCOC(=O)c1nn(-c2ccccc2)cc1C(=O)c1nnn(-c2ccccc2)c1C. The van der Waals surface area contributed by atoms with Crippen molar-refractivity contribution in [3.8, 4) is 11.4 Å². The van der Waals surface area contributed by atoms with Gasteiger partial charge in [-0.25, -0.2) is 14.2 Å². The topological polar surface area (TPSA) is 91.9 Å². The smallest absolute Gasteiger partial charge is 0.359 e. The van der Waals surface area contributed by atoms with E-state index in [4.69, 9.17) is 4.74 Å². The molecule has 2 heterocycles. The molecule has 0 radical (unpaired) electrons. The van der Waals surface area contributed by atoms with Crippen LogP contribution in [0.15, 0.2) is 66.9 Å². The first-order valence-electron chi connectivity index (χ1n) is 9.44. The van der Waals surface area contributed by atoms with Crippen molar-refractivity contribution in [2.45, 2.75) is 13.8 Å². The highest BCUT2D eigenvalue weighted by atomic mass is 16.5. The minimum atomic E-state index is -0.663. The average Bonchev–Trinajstić information content (AvgIpc) is 3.39. The number of para-hydroxylation sites is 2. The van der Waals surface area contributed by atoms with E-state index >= 15 is 0 Å². The third-order valence-electron chi connectivity index (χ3n) is 4.56. The van der Waals surface area contributed by atoms with Crippen LogP contribution in [0, 0.1) is 6.92 Å². The summed E-state index contributed by atoms with van der Waals surface area (Å²) < 4.78 is 8.17. The van der Waals surface area contributed by atoms with E-state index in [9.17, 15) is 9.59 Å². The van der Waals surface area contributed by atoms with Crippen molar-refractivity contribution >= 4 is 11.8 Å². The lowest BCUT2D eigenvalue weighted by molar-refractivity contribution is 0.0516. The number of rotatable bonds is 6. The molecule has 30 heavy (non-hydrogen) atoms. The van der Waals surface area contributed by atoms with Crippen molar-refractivity contribution in [3.05, 3.63) is 89.5 Å². The number of ketones is 1. The largest absolute Gasteiger partial charge is 0.461 e. The summed E-state index contributed by atoms with van der Waals surface area (Å²) in [6.45, 7) is 3.63. The Morgan fingerprint density at radius 3 is 2.20 bits per heavy atom. The fourth-order valence-electron chi connectivity index (χ4n) is 3.08. The zero-order chi connectivity index (χ0) is 21.1. The number of carbonyl (C=O) groups excluding carboxylic acids is 2. The number of aromatic nitrogens is 5. The van der Waals surface area contributed by atoms with E-state index in [1.54, 1.807) is 18.5 Å². The van der Waals surface area contributed by atoms with Gasteiger partial charge in [0.05, 0.1) is 29.2 Å². The summed E-state index contributed by atoms with van der Waals surface area (Å²) in [6, 6.07) is 18.6. The van der Waals surface area contributed by atoms with E-state index in [1.807, 2.05) is 60.7 Å². The van der Waals surface area contributed by atoms with Crippen LogP contribution in [0.2, 0.25) is 0 Å². The molecule has 8 heteroatoms. The molecule has 0 aliphatic rings. The Balaban J connectivity index is 1.78. The summed E-state index contributed by atoms with van der Waals surface area (Å²) in [6.07, 6.45) is 1.52. The van der Waals surface area contributed by atoms with Crippen LogP contribution in [0.1, 0.15) is 39.2 Å². The van der Waals surface area contributed by atoms with Gasteiger partial charge < -0.3 is 4.74 Å². The quantitative estimate of drug-likeness (QED) is 0.364. The van der Waals surface area contributed by atoms with Crippen LogP contribution in [0.3, 0.4) is 0 Å². The molecule has 0 fully saturated rings. The van der Waals surface area contributed by atoms with Crippen molar-refractivity contribution in [1.29, 1.82) is 0 Å². The first-order valence-corrected chi connectivity index (χ1v) is 9.44. The summed E-state index contributed by atoms with van der Waals surface area (Å²) in [5, 5.41) is 12.5. The first-order chi connectivity index (χ1) is 14.6. The van der Waals surface area contributed by atoms with Crippen LogP contribution in [0.5, 0.6) is 0 Å². The maximum atomic E-state index is 13.3. The molecule has 150 valence electrons. The van der Waals surface area contributed by atoms with Crippen molar-refractivity contribution in [3.63, 3.8) is 0 Å². The minimum absolute atomic E-state index is 0.0561. The molecule has 0 amide bonds. The molecule has 2 aromatic carbocycles. The van der Waals surface area contributed by atoms with Gasteiger partial charge in [0.1, 0.15) is 0 Å². The van der Waals surface area contributed by atoms with Crippen LogP contribution in [0.25, 0.3) is 11.4 Å². The Kier molecular flexibility index (Phi) is 5.21. The van der Waals surface area contributed by atoms with Gasteiger partial charge in [0.15, 0.2) is 11.4 Å². The lowest BCUT2D eigenvalue weighted by Crippen LogP contribution is -2.13. The highest BCUT2D eigenvalue weighted by Crippen LogP contribution is 2.20. The maximum Gasteiger partial charge on any atom is 0.359 e. The van der Waals surface area contributed by atoms with E-state index in [0.717, 1.165) is 5.69 Å². The molecule has 0 bridgehead atoms. The van der Waals surface area contributed by atoms with E-state index in [0.29, 0.717) is 11.4 Å². The van der Waals surface area contributed by atoms with E-state index < -0.39 is 11.8 Å². The lowest BCUT2D eigenvalue weighted by Gasteiger charge is -2.03. The summed E-state index contributed by atoms with van der Waals surface area (Å²) in [5.41, 5.74) is 2.27. The average molecular weight is 401 g/mol. The second kappa shape index (κ2) is 8.12. The second-order valence-corrected chi connectivity index (χ2v) is 6.49. The minimum Gasteiger partial charge on any atom is -0.461 e. The summed E-state index contributed by atoms with van der Waals surface area (Å²) >= 11 is 0. The van der Waals surface area contributed by atoms with Gasteiger partial charge in [0.2, 0.25) is 5.78 Å². The zero-order valence-corrected chi connectivity index (χ0v) is 16.5. The van der Waals surface area contributed by atoms with Gasteiger partial charge in [-0.2, -0.15) is 5.10 Å². The molecule has 0 unspecified atom stereocenters. The molecule has 8 nitrogen and oxygen atoms in total. The molecule has 0 saturated heterocycles. The van der Waals surface area contributed by atoms with Crippen LogP contribution in [-0.2, 0) is 4.74 Å². The van der Waals surface area contributed by atoms with Crippen molar-refractivity contribution in [2.75, 3.05) is 6.61 Å². The van der Waals surface area contributed by atoms with E-state index in [-0.39, 0.29) is 23.6 Å². The normalized spacial score (nSPS) is 10.7. The maximum absolute atomic E-state index is 13.3. The number of ether oxygens (including phenoxy) is 1. The number of hydrogen-bond acceptors (Lipinski definition) is 6. The van der Waals surface area contributed by atoms with Gasteiger partial charge in [-0.15, -0.1) is 5.10 Å². The van der Waals surface area contributed by atoms with E-state index in [2.05, 4.69) is 15.4 Å². The number of esters is 1. The Hall–Kier alpha value is -4.07. The van der Waals surface area contributed by atoms with Crippen molar-refractivity contribution in [1.82, 2.24) is 24.8 Å². The molecule has 0 aliphatic carbocycles. The third-order valence-corrected chi connectivity index (χ3v) is 4.56. The molecule has 0 aliphatic heterocycles. The fourth-order valence-corrected chi connectivity index (χ4v) is 3.08. The fraction of sp³-hybridized carbons (Fsp3) is 0.136. The second-order valence-electron chi connectivity index (χ2n) is 6.49. The zero-order valence-electron chi connectivity index (χ0n) is 16.5. The molecule has 4 aromatic rings. The summed E-state index contributed by atoms with van der Waals surface area (Å²) in [7, 11) is 0. The predicted molar refractivity (Wildman–Crippen MR) is 109 cm³/mol. The summed E-state index contributed by atoms with van der Waals surface area (Å²) in [5.74, 6) is -1.11. The van der Waals surface area contributed by atoms with Crippen LogP contribution in [-0.4, -0.2) is 43.1 Å². The van der Waals surface area contributed by atoms with E-state index in [1.165, 1.54) is 10.9 Å². The predicted octanol–water partition coefficient (Wildman–Crippen LogP) is 3.17. The number of nitrogens with zero attached hydrogens (tertiary/aromatic N) is 5. The standard InChI is InChI=1S/C22H19N5O3/c1-3-30-22(29)20-18(14-26(24-20)16-10-6-4-7-11-16)21(28)19-15(2)27(25-23-19)17-12-8-5-9-13-17/h4-14H,3H2,1-2H3. The molecule has 2 aromatic heterocycles. The molecule has 0 spiro atoms. The molecular weight excluding hydrogens is 382 g/mol. The molecule has 0 atom stereocenters. The summed E-state index contributed by atoms with van der Waals surface area (Å²) in [4.78, 5) is 25.8. The van der Waals surface area contributed by atoms with Gasteiger partial charge in [-0.05, 0) is 38.1 Å². The first kappa shape index (κ1) is 19.3. The third kappa shape index (κ3) is 3.50. The highest BCUT2D eigenvalue weighted by molar-refractivity contribution is 6.13. The number of benzene rings is 2. The van der Waals surface area contributed by atoms with Gasteiger partial charge in [-0.1, -0.05) is 41.6 Å². The Labute approximate surface area is 172 Å². The Morgan fingerprint density at radius 2 is 1.57 bits per heavy atom. The number of carbonyl (C=O) groups is 2. The molecule has 0 saturated carbocycles. The van der Waals surface area contributed by atoms with Crippen LogP contribution in [0.4, 0.5) is 0 Å². The van der Waals surface area contributed by atoms with Crippen LogP contribution < -0.4 is 0 Å². The van der Waals surface area contributed by atoms with Gasteiger partial charge in [0, 0.05) is 6.20 Å². The molecular formula is C22H19N5O3. The molecule has 4 rings (SSSR count). The number of hydrogen-bond donors (Lipinski definition) is 0. The Bertz CT molecular complexity index is 1200.